The first kappa shape index (κ1) is 19.2. The molecule has 0 heterocycles. The SMILES string of the molecule is CCNC(=NCC(=O)Nc1ccc(F)cc1)N(C)CCOCC1CC1. The zero-order chi connectivity index (χ0) is 18.1. The van der Waals surface area contributed by atoms with Crippen LogP contribution in [-0.4, -0.2) is 56.7 Å². The number of hydrogen-bond donors (Lipinski definition) is 2. The van der Waals surface area contributed by atoms with E-state index < -0.39 is 0 Å². The van der Waals surface area contributed by atoms with Crippen LogP contribution in [0.1, 0.15) is 19.8 Å². The van der Waals surface area contributed by atoms with Gasteiger partial charge in [-0.1, -0.05) is 0 Å². The van der Waals surface area contributed by atoms with Gasteiger partial charge < -0.3 is 20.3 Å². The van der Waals surface area contributed by atoms with Crippen molar-refractivity contribution in [3.63, 3.8) is 0 Å². The van der Waals surface area contributed by atoms with Crippen molar-refractivity contribution in [2.45, 2.75) is 19.8 Å². The number of halogens is 1. The van der Waals surface area contributed by atoms with Crippen LogP contribution < -0.4 is 10.6 Å². The van der Waals surface area contributed by atoms with Crippen molar-refractivity contribution in [2.24, 2.45) is 10.9 Å². The summed E-state index contributed by atoms with van der Waals surface area (Å²) in [4.78, 5) is 18.3. The molecule has 0 bridgehead atoms. The minimum atomic E-state index is -0.337. The molecule has 1 aliphatic rings. The van der Waals surface area contributed by atoms with Crippen LogP contribution in [0.4, 0.5) is 10.1 Å². The fourth-order valence-corrected chi connectivity index (χ4v) is 2.19. The number of guanidine groups is 1. The molecule has 2 rings (SSSR count). The Bertz CT molecular complexity index is 573. The lowest BCUT2D eigenvalue weighted by Gasteiger charge is -2.21. The summed E-state index contributed by atoms with van der Waals surface area (Å²) in [6.45, 7) is 4.86. The van der Waals surface area contributed by atoms with Crippen LogP contribution in [0.2, 0.25) is 0 Å². The molecule has 1 aromatic carbocycles. The van der Waals surface area contributed by atoms with Crippen molar-refractivity contribution in [2.75, 3.05) is 45.2 Å². The van der Waals surface area contributed by atoms with E-state index in [-0.39, 0.29) is 18.3 Å². The predicted molar refractivity (Wildman–Crippen MR) is 97.2 cm³/mol. The Labute approximate surface area is 148 Å². The Hall–Kier alpha value is -2.15. The van der Waals surface area contributed by atoms with Gasteiger partial charge in [0.05, 0.1) is 6.61 Å². The van der Waals surface area contributed by atoms with Gasteiger partial charge in [-0.15, -0.1) is 0 Å². The zero-order valence-corrected chi connectivity index (χ0v) is 14.9. The summed E-state index contributed by atoms with van der Waals surface area (Å²) in [6, 6.07) is 5.65. The van der Waals surface area contributed by atoms with Crippen LogP contribution in [0.15, 0.2) is 29.3 Å². The lowest BCUT2D eigenvalue weighted by atomic mass is 10.3. The van der Waals surface area contributed by atoms with Gasteiger partial charge in [0.2, 0.25) is 5.91 Å². The zero-order valence-electron chi connectivity index (χ0n) is 14.9. The van der Waals surface area contributed by atoms with Gasteiger partial charge in [0.1, 0.15) is 12.4 Å². The summed E-state index contributed by atoms with van der Waals surface area (Å²) in [5.74, 6) is 0.825. The molecule has 1 aromatic rings. The topological polar surface area (TPSA) is 66.0 Å². The Balaban J connectivity index is 1.77. The standard InChI is InChI=1S/C18H27FN4O2/c1-3-20-18(23(2)10-11-25-13-14-4-5-14)21-12-17(24)22-16-8-6-15(19)7-9-16/h6-9,14H,3-5,10-13H2,1-2H3,(H,20,21)(H,22,24). The Morgan fingerprint density at radius 1 is 1.36 bits per heavy atom. The smallest absolute Gasteiger partial charge is 0.246 e. The highest BCUT2D eigenvalue weighted by Crippen LogP contribution is 2.28. The molecule has 1 fully saturated rings. The molecular weight excluding hydrogens is 323 g/mol. The fourth-order valence-electron chi connectivity index (χ4n) is 2.19. The molecule has 0 aromatic heterocycles. The maximum Gasteiger partial charge on any atom is 0.246 e. The van der Waals surface area contributed by atoms with E-state index in [0.29, 0.717) is 31.3 Å². The van der Waals surface area contributed by atoms with Crippen molar-refractivity contribution in [3.05, 3.63) is 30.1 Å². The molecule has 0 aliphatic heterocycles. The molecule has 138 valence electrons. The largest absolute Gasteiger partial charge is 0.379 e. The molecule has 1 saturated carbocycles. The third kappa shape index (κ3) is 7.51. The number of hydrogen-bond acceptors (Lipinski definition) is 3. The van der Waals surface area contributed by atoms with E-state index in [0.717, 1.165) is 12.5 Å². The summed E-state index contributed by atoms with van der Waals surface area (Å²) in [5, 5.41) is 5.86. The molecule has 25 heavy (non-hydrogen) atoms. The Morgan fingerprint density at radius 2 is 2.08 bits per heavy atom. The second-order valence-electron chi connectivity index (χ2n) is 6.17. The van der Waals surface area contributed by atoms with Crippen molar-refractivity contribution in [1.29, 1.82) is 0 Å². The number of carbonyl (C=O) groups excluding carboxylic acids is 1. The van der Waals surface area contributed by atoms with E-state index in [1.807, 2.05) is 18.9 Å². The van der Waals surface area contributed by atoms with E-state index in [4.69, 9.17) is 4.74 Å². The van der Waals surface area contributed by atoms with Gasteiger partial charge in [-0.25, -0.2) is 9.38 Å². The summed E-state index contributed by atoms with van der Waals surface area (Å²) >= 11 is 0. The first-order valence-corrected chi connectivity index (χ1v) is 8.71. The van der Waals surface area contributed by atoms with E-state index in [1.165, 1.54) is 37.1 Å². The van der Waals surface area contributed by atoms with Gasteiger partial charge in [0, 0.05) is 32.4 Å². The number of nitrogens with zero attached hydrogens (tertiary/aromatic N) is 2. The minimum Gasteiger partial charge on any atom is -0.379 e. The van der Waals surface area contributed by atoms with Crippen LogP contribution in [0.3, 0.4) is 0 Å². The number of amides is 1. The molecule has 7 heteroatoms. The van der Waals surface area contributed by atoms with E-state index in [2.05, 4.69) is 15.6 Å². The third-order valence-corrected chi connectivity index (χ3v) is 3.82. The number of benzene rings is 1. The van der Waals surface area contributed by atoms with Crippen molar-refractivity contribution in [1.82, 2.24) is 10.2 Å². The number of likely N-dealkylation sites (N-methyl/N-ethyl adjacent to an activating group) is 1. The highest BCUT2D eigenvalue weighted by Gasteiger charge is 2.21. The van der Waals surface area contributed by atoms with E-state index in [9.17, 15) is 9.18 Å². The molecule has 0 unspecified atom stereocenters. The number of nitrogens with one attached hydrogen (secondary N) is 2. The van der Waals surface area contributed by atoms with Crippen LogP contribution in [0, 0.1) is 11.7 Å². The maximum absolute atomic E-state index is 12.9. The van der Waals surface area contributed by atoms with E-state index in [1.54, 1.807) is 0 Å². The van der Waals surface area contributed by atoms with Crippen molar-refractivity contribution in [3.8, 4) is 0 Å². The normalized spacial score (nSPS) is 14.3. The van der Waals surface area contributed by atoms with Gasteiger partial charge >= 0.3 is 0 Å². The Kier molecular flexibility index (Phi) is 7.66. The average Bonchev–Trinajstić information content (AvgIpc) is 3.41. The number of rotatable bonds is 9. The molecule has 0 saturated heterocycles. The monoisotopic (exact) mass is 350 g/mol. The number of ether oxygens (including phenoxy) is 1. The van der Waals surface area contributed by atoms with Gasteiger partial charge in [-0.2, -0.15) is 0 Å². The molecule has 0 spiro atoms. The molecule has 1 aliphatic carbocycles. The molecule has 6 nitrogen and oxygen atoms in total. The summed E-state index contributed by atoms with van der Waals surface area (Å²) in [7, 11) is 1.92. The summed E-state index contributed by atoms with van der Waals surface area (Å²) < 4.78 is 18.5. The first-order chi connectivity index (χ1) is 12.1. The number of carbonyl (C=O) groups is 1. The molecule has 0 atom stereocenters. The van der Waals surface area contributed by atoms with Gasteiger partial charge in [-0.05, 0) is 49.9 Å². The molecule has 0 radical (unpaired) electrons. The minimum absolute atomic E-state index is 0.00696. The molecular formula is C18H27FN4O2. The van der Waals surface area contributed by atoms with Gasteiger partial charge in [0.25, 0.3) is 0 Å². The lowest BCUT2D eigenvalue weighted by molar-refractivity contribution is -0.114. The van der Waals surface area contributed by atoms with Gasteiger partial charge in [0.15, 0.2) is 5.96 Å². The first-order valence-electron chi connectivity index (χ1n) is 8.71. The average molecular weight is 350 g/mol. The third-order valence-electron chi connectivity index (χ3n) is 3.82. The quantitative estimate of drug-likeness (QED) is 0.407. The highest BCUT2D eigenvalue weighted by atomic mass is 19.1. The number of aliphatic imine (C=N–C) groups is 1. The fraction of sp³-hybridized carbons (Fsp3) is 0.556. The second kappa shape index (κ2) is 9.98. The van der Waals surface area contributed by atoms with E-state index >= 15 is 0 Å². The maximum atomic E-state index is 12.9. The van der Waals surface area contributed by atoms with Crippen molar-refractivity contribution < 1.29 is 13.9 Å². The van der Waals surface area contributed by atoms with Crippen LogP contribution in [0.5, 0.6) is 0 Å². The predicted octanol–water partition coefficient (Wildman–Crippen LogP) is 2.09. The Morgan fingerprint density at radius 3 is 2.72 bits per heavy atom. The lowest BCUT2D eigenvalue weighted by Crippen LogP contribution is -2.41. The highest BCUT2D eigenvalue weighted by molar-refractivity contribution is 5.94. The van der Waals surface area contributed by atoms with Crippen molar-refractivity contribution >= 4 is 17.6 Å². The van der Waals surface area contributed by atoms with Crippen LogP contribution >= 0.6 is 0 Å². The molecule has 2 N–H and O–H groups in total. The number of anilines is 1. The second-order valence-corrected chi connectivity index (χ2v) is 6.17. The summed E-state index contributed by atoms with van der Waals surface area (Å²) in [6.07, 6.45) is 2.56. The van der Waals surface area contributed by atoms with Crippen LogP contribution in [-0.2, 0) is 9.53 Å². The van der Waals surface area contributed by atoms with Crippen LogP contribution in [0.25, 0.3) is 0 Å². The molecule has 1 amide bonds. The van der Waals surface area contributed by atoms with Gasteiger partial charge in [-0.3, -0.25) is 4.79 Å². The summed E-state index contributed by atoms with van der Waals surface area (Å²) in [5.41, 5.74) is 0.549.